The molecule has 0 aliphatic carbocycles. The Kier molecular flexibility index (Phi) is 7.05. The summed E-state index contributed by atoms with van der Waals surface area (Å²) in [4.78, 5) is 23.4. The summed E-state index contributed by atoms with van der Waals surface area (Å²) in [6, 6.07) is 0. The van der Waals surface area contributed by atoms with Crippen LogP contribution >= 0.6 is 9.30 Å². The molecule has 0 aromatic carbocycles. The van der Waals surface area contributed by atoms with Gasteiger partial charge in [0.15, 0.2) is 0 Å². The Morgan fingerprint density at radius 1 is 0.824 bits per heavy atom. The summed E-state index contributed by atoms with van der Waals surface area (Å²) in [5.41, 5.74) is 8.25. The molecule has 0 aromatic heterocycles. The number of amides is 2. The van der Waals surface area contributed by atoms with Gasteiger partial charge in [0.05, 0.1) is 0 Å². The molecule has 0 saturated heterocycles. The second-order valence-electron chi connectivity index (χ2n) is 5.98. The van der Waals surface area contributed by atoms with Gasteiger partial charge in [-0.05, 0) is 10.8 Å². The quantitative estimate of drug-likeness (QED) is 0.600. The minimum absolute atomic E-state index is 0.608. The Morgan fingerprint density at radius 3 is 1.00 bits per heavy atom. The van der Waals surface area contributed by atoms with E-state index in [0.717, 1.165) is 0 Å². The van der Waals surface area contributed by atoms with Crippen molar-refractivity contribution in [3.05, 3.63) is 0 Å². The molecule has 0 heterocycles. The van der Waals surface area contributed by atoms with E-state index < -0.39 is 28.1 Å². The average molecular weight is 298 g/mol. The van der Waals surface area contributed by atoms with Crippen molar-refractivity contribution in [2.24, 2.45) is 27.7 Å². The number of halogens is 1. The van der Waals surface area contributed by atoms with E-state index >= 15 is 0 Å². The molecular weight excluding hydrogens is 275 g/mol. The number of rotatable bonds is 2. The van der Waals surface area contributed by atoms with Gasteiger partial charge in [-0.2, -0.15) is 0 Å². The summed E-state index contributed by atoms with van der Waals surface area (Å²) < 4.78 is 0. The van der Waals surface area contributed by atoms with Gasteiger partial charge in [-0.1, -0.05) is 41.5 Å². The number of hydrogen-bond acceptors (Lipinski definition) is 2. The summed E-state index contributed by atoms with van der Waals surface area (Å²) in [5.74, 6) is -1.31. The minimum atomic E-state index is -1.35. The SMILES string of the molecule is CC(C)(C)C(C(N)=O)(C(N)=O)C(C)(C)C.[Cl][Ti]. The number of carbonyl (C=O) groups is 2. The fraction of sp³-hybridized carbons (Fsp3) is 0.818. The van der Waals surface area contributed by atoms with Gasteiger partial charge in [0.1, 0.15) is 5.41 Å². The second-order valence-corrected chi connectivity index (χ2v) is 5.98. The van der Waals surface area contributed by atoms with E-state index in [4.69, 9.17) is 11.5 Å². The zero-order chi connectivity index (χ0) is 14.7. The zero-order valence-corrected chi connectivity index (χ0v) is 13.7. The average Bonchev–Trinajstić information content (AvgIpc) is 2.00. The van der Waals surface area contributed by atoms with Crippen LogP contribution in [-0.4, -0.2) is 11.8 Å². The summed E-state index contributed by atoms with van der Waals surface area (Å²) in [6.45, 7) is 10.8. The predicted molar refractivity (Wildman–Crippen MR) is 65.6 cm³/mol. The van der Waals surface area contributed by atoms with Crippen molar-refractivity contribution in [3.63, 3.8) is 0 Å². The van der Waals surface area contributed by atoms with Gasteiger partial charge in [-0.3, -0.25) is 9.59 Å². The van der Waals surface area contributed by atoms with E-state index in [1.807, 2.05) is 0 Å². The van der Waals surface area contributed by atoms with Gasteiger partial charge >= 0.3 is 28.7 Å². The van der Waals surface area contributed by atoms with Crippen molar-refractivity contribution in [2.45, 2.75) is 41.5 Å². The van der Waals surface area contributed by atoms with Crippen molar-refractivity contribution < 1.29 is 29.0 Å². The third-order valence-electron chi connectivity index (χ3n) is 2.99. The first-order valence-corrected chi connectivity index (χ1v) is 7.32. The van der Waals surface area contributed by atoms with E-state index in [1.165, 1.54) is 19.4 Å². The third kappa shape index (κ3) is 3.46. The van der Waals surface area contributed by atoms with Gasteiger partial charge in [-0.15, -0.1) is 0 Å². The van der Waals surface area contributed by atoms with Crippen LogP contribution in [0.5, 0.6) is 0 Å². The molecular formula is C11H22ClN2O2Ti. The molecule has 0 spiro atoms. The first kappa shape index (κ1) is 19.3. The third-order valence-corrected chi connectivity index (χ3v) is 2.99. The van der Waals surface area contributed by atoms with Crippen LogP contribution < -0.4 is 11.5 Å². The van der Waals surface area contributed by atoms with Crippen molar-refractivity contribution in [3.8, 4) is 0 Å². The van der Waals surface area contributed by atoms with Crippen LogP contribution in [0.3, 0.4) is 0 Å². The Hall–Kier alpha value is -0.0557. The molecule has 0 fully saturated rings. The zero-order valence-electron chi connectivity index (χ0n) is 11.3. The molecule has 0 rings (SSSR count). The topological polar surface area (TPSA) is 86.2 Å². The van der Waals surface area contributed by atoms with Crippen LogP contribution in [0.1, 0.15) is 41.5 Å². The number of primary amides is 2. The van der Waals surface area contributed by atoms with Crippen LogP contribution in [0.2, 0.25) is 0 Å². The fourth-order valence-corrected chi connectivity index (χ4v) is 2.72. The number of nitrogens with two attached hydrogens (primary N) is 2. The van der Waals surface area contributed by atoms with Crippen LogP contribution in [-0.2, 0) is 29.0 Å². The number of hydrogen-bond donors (Lipinski definition) is 2. The molecule has 4 N–H and O–H groups in total. The molecule has 0 radical (unpaired) electrons. The first-order chi connectivity index (χ1) is 7.39. The van der Waals surface area contributed by atoms with E-state index in [0.29, 0.717) is 0 Å². The molecule has 0 unspecified atom stereocenters. The van der Waals surface area contributed by atoms with Gasteiger partial charge in [-0.25, -0.2) is 0 Å². The van der Waals surface area contributed by atoms with Crippen LogP contribution in [0, 0.1) is 16.2 Å². The van der Waals surface area contributed by atoms with Crippen molar-refractivity contribution in [1.29, 1.82) is 0 Å². The first-order valence-electron chi connectivity index (χ1n) is 5.17. The van der Waals surface area contributed by atoms with Crippen LogP contribution in [0.15, 0.2) is 0 Å². The maximum atomic E-state index is 11.7. The summed E-state index contributed by atoms with van der Waals surface area (Å²) in [7, 11) is 4.64. The molecule has 0 aromatic rings. The van der Waals surface area contributed by atoms with Crippen molar-refractivity contribution in [1.82, 2.24) is 0 Å². The molecule has 2 amide bonds. The van der Waals surface area contributed by atoms with Gasteiger partial charge in [0.25, 0.3) is 0 Å². The monoisotopic (exact) mass is 297 g/mol. The molecule has 0 saturated carbocycles. The van der Waals surface area contributed by atoms with E-state index in [1.54, 1.807) is 41.5 Å². The Morgan fingerprint density at radius 2 is 1.00 bits per heavy atom. The summed E-state index contributed by atoms with van der Waals surface area (Å²) in [6.07, 6.45) is 0. The Bertz CT molecular complexity index is 263. The fourth-order valence-electron chi connectivity index (χ4n) is 2.72. The van der Waals surface area contributed by atoms with Crippen molar-refractivity contribution in [2.75, 3.05) is 0 Å². The van der Waals surface area contributed by atoms with Crippen LogP contribution in [0.4, 0.5) is 0 Å². The van der Waals surface area contributed by atoms with E-state index in [9.17, 15) is 9.59 Å². The summed E-state index contributed by atoms with van der Waals surface area (Å²) >= 11 is 1.47. The molecule has 0 aliphatic heterocycles. The molecule has 17 heavy (non-hydrogen) atoms. The second kappa shape index (κ2) is 6.21. The van der Waals surface area contributed by atoms with E-state index in [-0.39, 0.29) is 0 Å². The predicted octanol–water partition coefficient (Wildman–Crippen LogP) is 1.72. The molecule has 0 atom stereocenters. The number of carbonyl (C=O) groups excluding carboxylic acids is 2. The van der Waals surface area contributed by atoms with Gasteiger partial charge in [0.2, 0.25) is 11.8 Å². The normalized spacial score (nSPS) is 12.4. The molecule has 99 valence electrons. The summed E-state index contributed by atoms with van der Waals surface area (Å²) in [5, 5.41) is 0. The Balaban J connectivity index is 0. The molecule has 0 aliphatic rings. The standard InChI is InChI=1S/C11H22N2O2.ClH.Ti/c1-9(2,3)11(7(12)14,8(13)15)10(4,5)6;;/h1-6H3,(H2,12,14)(H2,13,15);1H;/q;;+1/p-1. The van der Waals surface area contributed by atoms with E-state index in [2.05, 4.69) is 9.30 Å². The van der Waals surface area contributed by atoms with Gasteiger partial charge < -0.3 is 11.5 Å². The van der Waals surface area contributed by atoms with Crippen LogP contribution in [0.25, 0.3) is 0 Å². The Labute approximate surface area is 119 Å². The van der Waals surface area contributed by atoms with Gasteiger partial charge in [0, 0.05) is 0 Å². The van der Waals surface area contributed by atoms with Crippen molar-refractivity contribution >= 4 is 21.1 Å². The molecule has 4 nitrogen and oxygen atoms in total. The maximum absolute atomic E-state index is 11.7. The molecule has 0 bridgehead atoms. The molecule has 6 heteroatoms.